The van der Waals surface area contributed by atoms with E-state index in [2.05, 4.69) is 19.7 Å². The van der Waals surface area contributed by atoms with E-state index >= 15 is 0 Å². The molecule has 15 heteroatoms. The van der Waals surface area contributed by atoms with Gasteiger partial charge in [0.2, 0.25) is 10.0 Å². The molecule has 9 nitrogen and oxygen atoms in total. The van der Waals surface area contributed by atoms with Crippen LogP contribution >= 0.6 is 22.9 Å². The summed E-state index contributed by atoms with van der Waals surface area (Å²) in [6.45, 7) is -0.333. The van der Waals surface area contributed by atoms with Crippen LogP contribution in [0.1, 0.15) is 54.5 Å². The fourth-order valence-corrected chi connectivity index (χ4v) is 7.97. The van der Waals surface area contributed by atoms with Crippen molar-refractivity contribution in [2.45, 2.75) is 44.3 Å². The molecule has 0 radical (unpaired) electrons. The molecule has 0 bridgehead atoms. The maximum Gasteiger partial charge on any atom is 0.333 e. The molecule has 42 heavy (non-hydrogen) atoms. The lowest BCUT2D eigenvalue weighted by molar-refractivity contribution is 0.0564. The van der Waals surface area contributed by atoms with Gasteiger partial charge in [0.05, 0.1) is 11.4 Å². The number of hydrogen-bond acceptors (Lipinski definition) is 8. The molecule has 0 spiro atoms. The summed E-state index contributed by atoms with van der Waals surface area (Å²) in [6, 6.07) is 4.10. The first-order valence-corrected chi connectivity index (χ1v) is 16.6. The van der Waals surface area contributed by atoms with Crippen LogP contribution < -0.4 is 4.72 Å². The van der Waals surface area contributed by atoms with Crippen molar-refractivity contribution in [3.05, 3.63) is 74.8 Å². The van der Waals surface area contributed by atoms with Gasteiger partial charge in [0.1, 0.15) is 11.9 Å². The van der Waals surface area contributed by atoms with Crippen molar-refractivity contribution >= 4 is 44.4 Å². The van der Waals surface area contributed by atoms with E-state index in [1.807, 2.05) is 4.90 Å². The minimum Gasteiger partial charge on any atom is -0.326 e. The smallest absolute Gasteiger partial charge is 0.326 e. The number of aliphatic imine (C=N–C) groups is 1. The van der Waals surface area contributed by atoms with Gasteiger partial charge in [-0.3, -0.25) is 4.99 Å². The normalized spacial score (nSPS) is 21.7. The van der Waals surface area contributed by atoms with Gasteiger partial charge in [-0.05, 0) is 44.1 Å². The molecule has 0 saturated carbocycles. The minimum atomic E-state index is -3.62. The molecule has 3 aromatic rings. The van der Waals surface area contributed by atoms with Crippen LogP contribution in [0.15, 0.2) is 52.7 Å². The third kappa shape index (κ3) is 6.13. The number of rotatable bonds is 9. The molecule has 5 heterocycles. The number of alkyl halides is 2. The number of aromatic nitrogens is 3. The van der Waals surface area contributed by atoms with Gasteiger partial charge in [0, 0.05) is 65.2 Å². The number of thiazole rings is 1. The molecule has 2 saturated heterocycles. The molecule has 3 aliphatic heterocycles. The summed E-state index contributed by atoms with van der Waals surface area (Å²) in [7, 11) is -3.62. The monoisotopic (exact) mass is 639 g/mol. The standard InChI is InChI=1S/C27H29ClF3N7O2S2/c28-20-14-17(29)4-5-19(20)24-23(21-6-10-38(34-21)27(30)31)22-15-18(16-37(22)25(33-24)26-32-7-12-41-26)35-42(39,40)13-11-36-8-2-1-3-9-36/h4-7,10,12,14,18,24,27,35H,1-3,8-9,11,13,15-16H2/t18-,24-/m0/s1. The van der Waals surface area contributed by atoms with E-state index in [0.717, 1.165) is 25.9 Å². The van der Waals surface area contributed by atoms with Crippen LogP contribution in [-0.4, -0.2) is 76.8 Å². The number of fused-ring (bicyclic) bond motifs is 1. The van der Waals surface area contributed by atoms with E-state index in [1.54, 1.807) is 11.6 Å². The fraction of sp³-hybridized carbons (Fsp3) is 0.444. The lowest BCUT2D eigenvalue weighted by atomic mass is 9.92. The number of halogens is 4. The topological polar surface area (TPSA) is 95.7 Å². The molecular weight excluding hydrogens is 611 g/mol. The van der Waals surface area contributed by atoms with Crippen molar-refractivity contribution in [1.82, 2.24) is 29.3 Å². The first-order valence-electron chi connectivity index (χ1n) is 13.7. The summed E-state index contributed by atoms with van der Waals surface area (Å²) in [5, 5.41) is 6.65. The van der Waals surface area contributed by atoms with Gasteiger partial charge in [0.15, 0.2) is 10.8 Å². The minimum absolute atomic E-state index is 0.0184. The van der Waals surface area contributed by atoms with Gasteiger partial charge >= 0.3 is 6.55 Å². The molecular formula is C27H29ClF3N7O2S2. The van der Waals surface area contributed by atoms with E-state index in [-0.39, 0.29) is 29.4 Å². The van der Waals surface area contributed by atoms with E-state index in [9.17, 15) is 21.6 Å². The first kappa shape index (κ1) is 29.3. The fourth-order valence-electron chi connectivity index (χ4n) is 5.78. The summed E-state index contributed by atoms with van der Waals surface area (Å²) in [4.78, 5) is 13.5. The van der Waals surface area contributed by atoms with E-state index in [1.165, 1.54) is 48.2 Å². The van der Waals surface area contributed by atoms with Gasteiger partial charge in [-0.1, -0.05) is 24.1 Å². The van der Waals surface area contributed by atoms with Crippen molar-refractivity contribution in [3.8, 4) is 0 Å². The number of amidine groups is 1. The lowest BCUT2D eigenvalue weighted by Crippen LogP contribution is -2.42. The highest BCUT2D eigenvalue weighted by Crippen LogP contribution is 2.46. The zero-order valence-corrected chi connectivity index (χ0v) is 24.9. The summed E-state index contributed by atoms with van der Waals surface area (Å²) in [5.41, 5.74) is 1.88. The van der Waals surface area contributed by atoms with Crippen molar-refractivity contribution < 1.29 is 21.6 Å². The Morgan fingerprint density at radius 2 is 1.98 bits per heavy atom. The number of nitrogens with zero attached hydrogens (tertiary/aromatic N) is 6. The Hall–Kier alpha value is -2.78. The quantitative estimate of drug-likeness (QED) is 0.357. The van der Waals surface area contributed by atoms with Gasteiger partial charge in [-0.15, -0.1) is 11.3 Å². The summed E-state index contributed by atoms with van der Waals surface area (Å²) in [5.74, 6) is -0.0473. The van der Waals surface area contributed by atoms with Gasteiger partial charge in [-0.25, -0.2) is 27.2 Å². The average molecular weight is 640 g/mol. The van der Waals surface area contributed by atoms with Crippen molar-refractivity contribution in [1.29, 1.82) is 0 Å². The highest BCUT2D eigenvalue weighted by Gasteiger charge is 2.42. The third-order valence-corrected chi connectivity index (χ3v) is 10.2. The Kier molecular flexibility index (Phi) is 8.42. The highest BCUT2D eigenvalue weighted by molar-refractivity contribution is 7.89. The molecule has 2 atom stereocenters. The SMILES string of the molecule is O=S(=O)(CCN1CCCCC1)N[C@H]1CC2=C(c3ccn(C(F)F)n3)[C@H](c3ccc(F)cc3Cl)N=C(c3nccs3)N2C1. The number of nitrogens with one attached hydrogen (secondary N) is 1. The Labute approximate surface area is 250 Å². The second-order valence-corrected chi connectivity index (χ2v) is 13.7. The van der Waals surface area contributed by atoms with Crippen LogP contribution in [0.3, 0.4) is 0 Å². The van der Waals surface area contributed by atoms with Crippen molar-refractivity contribution in [2.75, 3.05) is 31.9 Å². The molecule has 224 valence electrons. The lowest BCUT2D eigenvalue weighted by Gasteiger charge is -2.32. The third-order valence-electron chi connectivity index (χ3n) is 7.70. The van der Waals surface area contributed by atoms with Crippen LogP contribution in [-0.2, 0) is 10.0 Å². The summed E-state index contributed by atoms with van der Waals surface area (Å²) >= 11 is 7.87. The Morgan fingerprint density at radius 1 is 1.17 bits per heavy atom. The molecule has 1 aromatic carbocycles. The average Bonchev–Trinajstić information content (AvgIpc) is 3.73. The predicted molar refractivity (Wildman–Crippen MR) is 156 cm³/mol. The van der Waals surface area contributed by atoms with Crippen LogP contribution in [0, 0.1) is 5.82 Å². The van der Waals surface area contributed by atoms with Gasteiger partial charge < -0.3 is 9.80 Å². The molecule has 0 aliphatic carbocycles. The zero-order chi connectivity index (χ0) is 29.4. The molecule has 3 aliphatic rings. The second-order valence-electron chi connectivity index (χ2n) is 10.5. The van der Waals surface area contributed by atoms with E-state index in [4.69, 9.17) is 16.6 Å². The number of benzene rings is 1. The zero-order valence-electron chi connectivity index (χ0n) is 22.5. The maximum atomic E-state index is 14.0. The van der Waals surface area contributed by atoms with E-state index in [0.29, 0.717) is 38.9 Å². The van der Waals surface area contributed by atoms with Gasteiger partial charge in [-0.2, -0.15) is 13.9 Å². The number of hydrogen-bond donors (Lipinski definition) is 1. The maximum absolute atomic E-state index is 14.0. The molecule has 0 amide bonds. The predicted octanol–water partition coefficient (Wildman–Crippen LogP) is 4.92. The molecule has 6 rings (SSSR count). The molecule has 1 N–H and O–H groups in total. The Morgan fingerprint density at radius 3 is 2.67 bits per heavy atom. The van der Waals surface area contributed by atoms with Crippen molar-refractivity contribution in [2.24, 2.45) is 4.99 Å². The van der Waals surface area contributed by atoms with Crippen LogP contribution in [0.2, 0.25) is 5.02 Å². The molecule has 0 unspecified atom stereocenters. The molecule has 2 aromatic heterocycles. The number of likely N-dealkylation sites (tertiary alicyclic amines) is 1. The Bertz CT molecular complexity index is 1600. The van der Waals surface area contributed by atoms with E-state index < -0.39 is 34.5 Å². The van der Waals surface area contributed by atoms with Gasteiger partial charge in [0.25, 0.3) is 0 Å². The highest BCUT2D eigenvalue weighted by atomic mass is 35.5. The summed E-state index contributed by atoms with van der Waals surface area (Å²) < 4.78 is 70.9. The summed E-state index contributed by atoms with van der Waals surface area (Å²) in [6.07, 6.45) is 6.39. The number of piperidine rings is 1. The Balaban J connectivity index is 1.38. The first-order chi connectivity index (χ1) is 20.2. The number of sulfonamides is 1. The van der Waals surface area contributed by atoms with Crippen molar-refractivity contribution in [3.63, 3.8) is 0 Å². The largest absolute Gasteiger partial charge is 0.333 e. The van der Waals surface area contributed by atoms with Crippen LogP contribution in [0.5, 0.6) is 0 Å². The van der Waals surface area contributed by atoms with Crippen LogP contribution in [0.4, 0.5) is 13.2 Å². The van der Waals surface area contributed by atoms with Crippen LogP contribution in [0.25, 0.3) is 5.57 Å². The second kappa shape index (κ2) is 12.1. The molecule has 2 fully saturated rings.